The molecule has 0 saturated carbocycles. The molecule has 4 rings (SSSR count). The molecule has 3 aromatic rings. The maximum absolute atomic E-state index is 13.0. The molecule has 8 nitrogen and oxygen atoms in total. The largest absolute Gasteiger partial charge is 0.490 e. The summed E-state index contributed by atoms with van der Waals surface area (Å²) in [6.07, 6.45) is -3.43. The van der Waals surface area contributed by atoms with Gasteiger partial charge in [-0.05, 0) is 11.6 Å². The summed E-state index contributed by atoms with van der Waals surface area (Å²) in [5.74, 6) is -2.77. The number of hydrogen-bond donors (Lipinski definition) is 1. The average Bonchev–Trinajstić information content (AvgIpc) is 3.30. The van der Waals surface area contributed by atoms with Gasteiger partial charge in [0.1, 0.15) is 5.69 Å². The van der Waals surface area contributed by atoms with Gasteiger partial charge in [-0.1, -0.05) is 35.6 Å². The first kappa shape index (κ1) is 23.3. The van der Waals surface area contributed by atoms with Crippen LogP contribution in [0.5, 0.6) is 0 Å². The Hall–Kier alpha value is -3.41. The number of thiazole rings is 1. The lowest BCUT2D eigenvalue weighted by atomic mass is 10.1. The summed E-state index contributed by atoms with van der Waals surface area (Å²) in [5.41, 5.74) is 3.82. The minimum absolute atomic E-state index is 0.0116. The van der Waals surface area contributed by atoms with Crippen molar-refractivity contribution in [3.8, 4) is 11.3 Å². The van der Waals surface area contributed by atoms with Gasteiger partial charge in [0.15, 0.2) is 5.13 Å². The fourth-order valence-electron chi connectivity index (χ4n) is 3.06. The molecule has 1 aromatic carbocycles. The molecule has 0 fully saturated rings. The standard InChI is InChI=1S/C18H19N5OS.C2HF3O2/c1-21(2)18-20-16-13-7-5-4-6-12(13)10-23(11-15(16)25-18)17(24)14-8-9-19-22(14)3;3-2(4,5)1(6)7/h4-9H,10-11H2,1-3H3;(H,6,7). The summed E-state index contributed by atoms with van der Waals surface area (Å²) in [4.78, 5) is 31.7. The van der Waals surface area contributed by atoms with Crippen LogP contribution in [0.15, 0.2) is 36.5 Å². The van der Waals surface area contributed by atoms with E-state index >= 15 is 0 Å². The van der Waals surface area contributed by atoms with Gasteiger partial charge in [0, 0.05) is 39.4 Å². The molecule has 3 heterocycles. The lowest BCUT2D eigenvalue weighted by Crippen LogP contribution is -2.30. The summed E-state index contributed by atoms with van der Waals surface area (Å²) in [6, 6.07) is 9.96. The van der Waals surface area contributed by atoms with Crippen LogP contribution in [0.1, 0.15) is 20.9 Å². The molecule has 2 aromatic heterocycles. The van der Waals surface area contributed by atoms with Gasteiger partial charge in [-0.2, -0.15) is 18.3 Å². The van der Waals surface area contributed by atoms with E-state index in [4.69, 9.17) is 14.9 Å². The quantitative estimate of drug-likeness (QED) is 0.621. The second kappa shape index (κ2) is 8.99. The van der Waals surface area contributed by atoms with Crippen LogP contribution in [0.25, 0.3) is 11.3 Å². The molecule has 1 aliphatic rings. The first-order chi connectivity index (χ1) is 15.0. The van der Waals surface area contributed by atoms with Crippen LogP contribution in [-0.2, 0) is 24.9 Å². The highest BCUT2D eigenvalue weighted by Crippen LogP contribution is 2.38. The summed E-state index contributed by atoms with van der Waals surface area (Å²) in [6.45, 7) is 1.13. The van der Waals surface area contributed by atoms with Gasteiger partial charge in [0.2, 0.25) is 0 Å². The maximum atomic E-state index is 13.0. The number of benzene rings is 1. The molecule has 0 spiro atoms. The predicted octanol–water partition coefficient (Wildman–Crippen LogP) is 3.40. The van der Waals surface area contributed by atoms with Crippen LogP contribution in [0.4, 0.5) is 18.3 Å². The highest BCUT2D eigenvalue weighted by atomic mass is 32.1. The third kappa shape index (κ3) is 4.90. The van der Waals surface area contributed by atoms with Gasteiger partial charge in [-0.25, -0.2) is 9.78 Å². The van der Waals surface area contributed by atoms with Gasteiger partial charge < -0.3 is 14.9 Å². The molecule has 1 N–H and O–H groups in total. The molecule has 12 heteroatoms. The van der Waals surface area contributed by atoms with Crippen molar-refractivity contribution in [1.82, 2.24) is 19.7 Å². The molecule has 0 saturated heterocycles. The molecular formula is C20H20F3N5O3S. The number of aromatic nitrogens is 3. The second-order valence-electron chi connectivity index (χ2n) is 7.12. The van der Waals surface area contributed by atoms with Crippen LogP contribution in [0.3, 0.4) is 0 Å². The van der Waals surface area contributed by atoms with E-state index in [-0.39, 0.29) is 5.91 Å². The van der Waals surface area contributed by atoms with Crippen molar-refractivity contribution in [2.24, 2.45) is 7.05 Å². The Kier molecular flexibility index (Phi) is 6.53. The number of nitrogens with zero attached hydrogens (tertiary/aromatic N) is 5. The number of alkyl halides is 3. The van der Waals surface area contributed by atoms with E-state index in [9.17, 15) is 18.0 Å². The number of aliphatic carboxylic acids is 1. The van der Waals surface area contributed by atoms with E-state index in [1.165, 1.54) is 0 Å². The Bertz CT molecular complexity index is 1140. The van der Waals surface area contributed by atoms with Crippen LogP contribution in [0, 0.1) is 0 Å². The van der Waals surface area contributed by atoms with E-state index in [0.29, 0.717) is 18.8 Å². The van der Waals surface area contributed by atoms with Gasteiger partial charge in [-0.3, -0.25) is 9.48 Å². The number of aryl methyl sites for hydroxylation is 1. The average molecular weight is 467 g/mol. The van der Waals surface area contributed by atoms with Gasteiger partial charge in [-0.15, -0.1) is 0 Å². The molecule has 32 heavy (non-hydrogen) atoms. The molecule has 0 unspecified atom stereocenters. The lowest BCUT2D eigenvalue weighted by Gasteiger charge is -2.21. The molecule has 0 aliphatic carbocycles. The molecule has 1 aliphatic heterocycles. The number of carboxylic acid groups (broad SMARTS) is 1. The third-order valence-corrected chi connectivity index (χ3v) is 5.81. The highest BCUT2D eigenvalue weighted by molar-refractivity contribution is 7.16. The normalized spacial score (nSPS) is 12.8. The number of amides is 1. The summed E-state index contributed by atoms with van der Waals surface area (Å²) >= 11 is 1.64. The minimum atomic E-state index is -5.08. The fraction of sp³-hybridized carbons (Fsp3) is 0.300. The van der Waals surface area contributed by atoms with Crippen LogP contribution >= 0.6 is 11.3 Å². The van der Waals surface area contributed by atoms with E-state index < -0.39 is 12.1 Å². The number of anilines is 1. The smallest absolute Gasteiger partial charge is 0.475 e. The number of fused-ring (bicyclic) bond motifs is 3. The first-order valence-electron chi connectivity index (χ1n) is 9.31. The molecular weight excluding hydrogens is 447 g/mol. The van der Waals surface area contributed by atoms with Crippen molar-refractivity contribution >= 4 is 28.3 Å². The monoisotopic (exact) mass is 467 g/mol. The second-order valence-corrected chi connectivity index (χ2v) is 8.19. The summed E-state index contributed by atoms with van der Waals surface area (Å²) in [5, 5.41) is 12.2. The minimum Gasteiger partial charge on any atom is -0.475 e. The maximum Gasteiger partial charge on any atom is 0.490 e. The Labute approximate surface area is 185 Å². The van der Waals surface area contributed by atoms with Crippen molar-refractivity contribution in [3.05, 3.63) is 52.7 Å². The number of carbonyl (C=O) groups is 2. The van der Waals surface area contributed by atoms with Crippen LogP contribution in [0.2, 0.25) is 0 Å². The topological polar surface area (TPSA) is 91.6 Å². The summed E-state index contributed by atoms with van der Waals surface area (Å²) in [7, 11) is 5.77. The first-order valence-corrected chi connectivity index (χ1v) is 10.1. The van der Waals surface area contributed by atoms with Crippen molar-refractivity contribution in [3.63, 3.8) is 0 Å². The Morgan fingerprint density at radius 2 is 1.81 bits per heavy atom. The van der Waals surface area contributed by atoms with Gasteiger partial charge in [0.05, 0.1) is 17.1 Å². The molecule has 1 amide bonds. The Morgan fingerprint density at radius 3 is 2.38 bits per heavy atom. The number of carbonyl (C=O) groups excluding carboxylic acids is 1. The summed E-state index contributed by atoms with van der Waals surface area (Å²) < 4.78 is 33.4. The van der Waals surface area contributed by atoms with Crippen LogP contribution < -0.4 is 4.90 Å². The fourth-order valence-corrected chi connectivity index (χ4v) is 4.07. The molecule has 0 atom stereocenters. The third-order valence-electron chi connectivity index (χ3n) is 4.61. The SMILES string of the molecule is CN(C)c1nc2c(s1)CN(C(=O)c1ccnn1C)Cc1ccccc1-2.O=C(O)C(F)(F)F. The van der Waals surface area contributed by atoms with Crippen molar-refractivity contribution < 1.29 is 27.9 Å². The lowest BCUT2D eigenvalue weighted by molar-refractivity contribution is -0.192. The molecule has 0 radical (unpaired) electrons. The zero-order valence-corrected chi connectivity index (χ0v) is 18.2. The van der Waals surface area contributed by atoms with Gasteiger partial charge in [0.25, 0.3) is 5.91 Å². The van der Waals surface area contributed by atoms with Crippen molar-refractivity contribution in [1.29, 1.82) is 0 Å². The van der Waals surface area contributed by atoms with E-state index in [1.54, 1.807) is 35.3 Å². The van der Waals surface area contributed by atoms with E-state index in [0.717, 1.165) is 26.8 Å². The van der Waals surface area contributed by atoms with Gasteiger partial charge >= 0.3 is 12.1 Å². The zero-order chi connectivity index (χ0) is 23.6. The number of hydrogen-bond acceptors (Lipinski definition) is 6. The predicted molar refractivity (Wildman–Crippen MR) is 112 cm³/mol. The number of halogens is 3. The Morgan fingerprint density at radius 1 is 1.16 bits per heavy atom. The van der Waals surface area contributed by atoms with E-state index in [2.05, 4.69) is 17.2 Å². The number of carboxylic acids is 1. The number of rotatable bonds is 2. The molecule has 0 bridgehead atoms. The van der Waals surface area contributed by atoms with Crippen LogP contribution in [-0.4, -0.2) is 56.9 Å². The molecule has 170 valence electrons. The zero-order valence-electron chi connectivity index (χ0n) is 17.4. The highest BCUT2D eigenvalue weighted by Gasteiger charge is 2.38. The van der Waals surface area contributed by atoms with Crippen molar-refractivity contribution in [2.75, 3.05) is 19.0 Å². The Balaban J connectivity index is 0.000000360. The van der Waals surface area contributed by atoms with E-state index in [1.807, 2.05) is 36.0 Å². The van der Waals surface area contributed by atoms with Crippen molar-refractivity contribution in [2.45, 2.75) is 19.3 Å².